The number of hydrogen-bond acceptors (Lipinski definition) is 2. The van der Waals surface area contributed by atoms with Crippen LogP contribution in [0.5, 0.6) is 0 Å². The van der Waals surface area contributed by atoms with Crippen molar-refractivity contribution >= 4 is 0 Å². The van der Waals surface area contributed by atoms with Gasteiger partial charge < -0.3 is 9.80 Å². The van der Waals surface area contributed by atoms with Crippen LogP contribution in [0.25, 0.3) is 0 Å². The fourth-order valence-electron chi connectivity index (χ4n) is 1.91. The number of likely N-dealkylation sites (N-methyl/N-ethyl adjacent to an activating group) is 2. The molecule has 0 heterocycles. The molecule has 1 atom stereocenters. The van der Waals surface area contributed by atoms with Gasteiger partial charge in [-0.15, -0.1) is 0 Å². The summed E-state index contributed by atoms with van der Waals surface area (Å²) in [5, 5.41) is 0. The van der Waals surface area contributed by atoms with Gasteiger partial charge in [0.2, 0.25) is 0 Å². The highest BCUT2D eigenvalue weighted by Gasteiger charge is 2.08. The Kier molecular flexibility index (Phi) is 9.47. The van der Waals surface area contributed by atoms with E-state index in [4.69, 9.17) is 0 Å². The molecule has 17 heavy (non-hydrogen) atoms. The first-order chi connectivity index (χ1) is 7.95. The molecule has 0 radical (unpaired) electrons. The maximum Gasteiger partial charge on any atom is 0.0109 e. The van der Waals surface area contributed by atoms with Crippen molar-refractivity contribution in [1.82, 2.24) is 9.80 Å². The summed E-state index contributed by atoms with van der Waals surface area (Å²) in [6.07, 6.45) is 4.89. The molecular formula is C15H32N2. The first-order valence-electron chi connectivity index (χ1n) is 6.96. The van der Waals surface area contributed by atoms with Gasteiger partial charge in [-0.2, -0.15) is 0 Å². The lowest BCUT2D eigenvalue weighted by molar-refractivity contribution is 0.219. The molecule has 102 valence electrons. The molecule has 0 unspecified atom stereocenters. The minimum Gasteiger partial charge on any atom is -0.308 e. The van der Waals surface area contributed by atoms with Crippen LogP contribution in [-0.2, 0) is 0 Å². The summed E-state index contributed by atoms with van der Waals surface area (Å²) in [5.41, 5.74) is 1.44. The molecule has 0 saturated carbocycles. The van der Waals surface area contributed by atoms with Gasteiger partial charge in [0.05, 0.1) is 0 Å². The molecule has 0 N–H and O–H groups in total. The summed E-state index contributed by atoms with van der Waals surface area (Å²) >= 11 is 0. The molecule has 0 aliphatic heterocycles. The highest BCUT2D eigenvalue weighted by molar-refractivity contribution is 4.92. The molecule has 0 bridgehead atoms. The lowest BCUT2D eigenvalue weighted by atomic mass is 10.0. The summed E-state index contributed by atoms with van der Waals surface area (Å²) in [6, 6.07) is 0. The largest absolute Gasteiger partial charge is 0.308 e. The van der Waals surface area contributed by atoms with Gasteiger partial charge in [0.1, 0.15) is 0 Å². The maximum absolute atomic E-state index is 2.56. The molecule has 0 spiro atoms. The average molecular weight is 240 g/mol. The van der Waals surface area contributed by atoms with Gasteiger partial charge in [0, 0.05) is 19.6 Å². The first kappa shape index (κ1) is 16.7. The van der Waals surface area contributed by atoms with Crippen LogP contribution < -0.4 is 0 Å². The molecule has 0 aliphatic rings. The van der Waals surface area contributed by atoms with Gasteiger partial charge in [-0.3, -0.25) is 0 Å². The SMILES string of the molecule is CCN(CCN(C)C)C[C@H](C)CCC=C(C)C. The third-order valence-electron chi connectivity index (χ3n) is 3.09. The zero-order valence-corrected chi connectivity index (χ0v) is 12.8. The quantitative estimate of drug-likeness (QED) is 0.571. The van der Waals surface area contributed by atoms with Crippen LogP contribution in [0.2, 0.25) is 0 Å². The molecule has 0 saturated heterocycles. The highest BCUT2D eigenvalue weighted by atomic mass is 15.2. The fraction of sp³-hybridized carbons (Fsp3) is 0.867. The zero-order chi connectivity index (χ0) is 13.3. The van der Waals surface area contributed by atoms with Crippen LogP contribution in [0, 0.1) is 5.92 Å². The van der Waals surface area contributed by atoms with Crippen molar-refractivity contribution in [3.05, 3.63) is 11.6 Å². The van der Waals surface area contributed by atoms with Crippen molar-refractivity contribution in [3.63, 3.8) is 0 Å². The van der Waals surface area contributed by atoms with Crippen LogP contribution in [0.15, 0.2) is 11.6 Å². The normalized spacial score (nSPS) is 13.2. The fourth-order valence-corrected chi connectivity index (χ4v) is 1.91. The first-order valence-corrected chi connectivity index (χ1v) is 6.96. The Morgan fingerprint density at radius 3 is 2.29 bits per heavy atom. The molecule has 0 fully saturated rings. The van der Waals surface area contributed by atoms with Crippen molar-refractivity contribution in [3.8, 4) is 0 Å². The summed E-state index contributed by atoms with van der Waals surface area (Å²) < 4.78 is 0. The predicted octanol–water partition coefficient (Wildman–Crippen LogP) is 3.25. The summed E-state index contributed by atoms with van der Waals surface area (Å²) in [5.74, 6) is 0.799. The third-order valence-corrected chi connectivity index (χ3v) is 3.09. The lowest BCUT2D eigenvalue weighted by Crippen LogP contribution is -2.34. The predicted molar refractivity (Wildman–Crippen MR) is 78.5 cm³/mol. The number of hydrogen-bond donors (Lipinski definition) is 0. The van der Waals surface area contributed by atoms with Crippen LogP contribution in [-0.4, -0.2) is 50.1 Å². The van der Waals surface area contributed by atoms with E-state index in [1.165, 1.54) is 38.0 Å². The van der Waals surface area contributed by atoms with Gasteiger partial charge in [-0.05, 0) is 53.2 Å². The lowest BCUT2D eigenvalue weighted by Gasteiger charge is -2.25. The topological polar surface area (TPSA) is 6.48 Å². The van der Waals surface area contributed by atoms with Crippen molar-refractivity contribution in [2.75, 3.05) is 40.3 Å². The van der Waals surface area contributed by atoms with Crippen LogP contribution >= 0.6 is 0 Å². The molecule has 0 aromatic heterocycles. The van der Waals surface area contributed by atoms with Crippen LogP contribution in [0.3, 0.4) is 0 Å². The monoisotopic (exact) mass is 240 g/mol. The Labute approximate surface area is 109 Å². The second-order valence-electron chi connectivity index (χ2n) is 5.66. The highest BCUT2D eigenvalue weighted by Crippen LogP contribution is 2.09. The molecule has 0 aromatic carbocycles. The summed E-state index contributed by atoms with van der Waals surface area (Å²) in [4.78, 5) is 4.82. The minimum absolute atomic E-state index is 0.799. The van der Waals surface area contributed by atoms with Crippen LogP contribution in [0.4, 0.5) is 0 Å². The molecule has 2 nitrogen and oxygen atoms in total. The smallest absolute Gasteiger partial charge is 0.0109 e. The van der Waals surface area contributed by atoms with Gasteiger partial charge in [-0.25, -0.2) is 0 Å². The second kappa shape index (κ2) is 9.67. The van der Waals surface area contributed by atoms with E-state index in [1.54, 1.807) is 0 Å². The Bertz CT molecular complexity index is 205. The van der Waals surface area contributed by atoms with Gasteiger partial charge in [-0.1, -0.05) is 25.5 Å². The maximum atomic E-state index is 2.56. The van der Waals surface area contributed by atoms with E-state index in [0.717, 1.165) is 12.5 Å². The Morgan fingerprint density at radius 2 is 1.82 bits per heavy atom. The summed E-state index contributed by atoms with van der Waals surface area (Å²) in [7, 11) is 4.29. The van der Waals surface area contributed by atoms with Crippen molar-refractivity contribution < 1.29 is 0 Å². The number of rotatable bonds is 9. The van der Waals surface area contributed by atoms with E-state index in [9.17, 15) is 0 Å². The van der Waals surface area contributed by atoms with Crippen molar-refractivity contribution in [2.24, 2.45) is 5.92 Å². The van der Waals surface area contributed by atoms with Gasteiger partial charge in [0.15, 0.2) is 0 Å². The average Bonchev–Trinajstić information content (AvgIpc) is 2.23. The Balaban J connectivity index is 3.81. The van der Waals surface area contributed by atoms with E-state index in [-0.39, 0.29) is 0 Å². The molecule has 0 rings (SSSR count). The zero-order valence-electron chi connectivity index (χ0n) is 12.8. The molecule has 0 amide bonds. The summed E-state index contributed by atoms with van der Waals surface area (Å²) in [6.45, 7) is 13.8. The number of allylic oxidation sites excluding steroid dienone is 2. The van der Waals surface area contributed by atoms with Gasteiger partial charge >= 0.3 is 0 Å². The van der Waals surface area contributed by atoms with Crippen LogP contribution in [0.1, 0.15) is 40.5 Å². The third kappa shape index (κ3) is 10.5. The molecule has 2 heteroatoms. The second-order valence-corrected chi connectivity index (χ2v) is 5.66. The molecule has 0 aliphatic carbocycles. The van der Waals surface area contributed by atoms with E-state index in [0.29, 0.717) is 0 Å². The number of nitrogens with zero attached hydrogens (tertiary/aromatic N) is 2. The standard InChI is InChI=1S/C15H32N2/c1-7-17(12-11-16(5)6)13-15(4)10-8-9-14(2)3/h9,15H,7-8,10-13H2,1-6H3/t15-/m1/s1. The molecular weight excluding hydrogens is 208 g/mol. The Hall–Kier alpha value is -0.340. The van der Waals surface area contributed by atoms with Crippen molar-refractivity contribution in [1.29, 1.82) is 0 Å². The van der Waals surface area contributed by atoms with E-state index >= 15 is 0 Å². The van der Waals surface area contributed by atoms with E-state index in [2.05, 4.69) is 57.7 Å². The van der Waals surface area contributed by atoms with Gasteiger partial charge in [0.25, 0.3) is 0 Å². The van der Waals surface area contributed by atoms with E-state index in [1.807, 2.05) is 0 Å². The Morgan fingerprint density at radius 1 is 1.18 bits per heavy atom. The molecule has 0 aromatic rings. The van der Waals surface area contributed by atoms with Crippen molar-refractivity contribution in [2.45, 2.75) is 40.5 Å². The van der Waals surface area contributed by atoms with E-state index < -0.39 is 0 Å². The minimum atomic E-state index is 0.799.